The molecule has 0 bridgehead atoms. The number of aliphatic hydroxyl groups is 1. The van der Waals surface area contributed by atoms with Gasteiger partial charge in [-0.25, -0.2) is 13.4 Å². The Morgan fingerprint density at radius 3 is 2.61 bits per heavy atom. The van der Waals surface area contributed by atoms with E-state index in [1.807, 2.05) is 0 Å². The van der Waals surface area contributed by atoms with E-state index in [2.05, 4.69) is 9.97 Å². The molecule has 0 saturated carbocycles. The predicted octanol–water partition coefficient (Wildman–Crippen LogP) is 0.595. The summed E-state index contributed by atoms with van der Waals surface area (Å²) in [7, 11) is -3.50. The van der Waals surface area contributed by atoms with E-state index in [-0.39, 0.29) is 42.7 Å². The third-order valence-corrected chi connectivity index (χ3v) is 5.04. The highest BCUT2D eigenvalue weighted by atomic mass is 32.2. The summed E-state index contributed by atoms with van der Waals surface area (Å²) in [5.74, 6) is -0.0247. The van der Waals surface area contributed by atoms with Crippen molar-refractivity contribution in [3.05, 3.63) is 48.5 Å². The summed E-state index contributed by atoms with van der Waals surface area (Å²) in [6.07, 6.45) is 3.06. The third-order valence-electron chi connectivity index (χ3n) is 3.31. The van der Waals surface area contributed by atoms with Crippen LogP contribution < -0.4 is 0 Å². The highest BCUT2D eigenvalue weighted by Crippen LogP contribution is 2.12. The van der Waals surface area contributed by atoms with Gasteiger partial charge in [0.05, 0.1) is 23.8 Å². The monoisotopic (exact) mass is 337 g/mol. The predicted molar refractivity (Wildman–Crippen MR) is 84.2 cm³/mol. The van der Waals surface area contributed by atoms with Gasteiger partial charge < -0.3 is 15.0 Å². The number of rotatable bonds is 8. The molecule has 2 N–H and O–H groups in total. The van der Waals surface area contributed by atoms with Crippen LogP contribution in [0.15, 0.2) is 47.6 Å². The smallest absolute Gasteiger partial charge is 0.224 e. The maximum atomic E-state index is 12.2. The SMILES string of the molecule is O=C(CCS(=O)(=O)c1ccccc1)N(CCO)Cc1ncc[nH]1. The Morgan fingerprint density at radius 2 is 2.00 bits per heavy atom. The first-order valence-corrected chi connectivity index (χ1v) is 8.83. The van der Waals surface area contributed by atoms with Crippen molar-refractivity contribution in [3.63, 3.8) is 0 Å². The van der Waals surface area contributed by atoms with Gasteiger partial charge in [-0.1, -0.05) is 18.2 Å². The van der Waals surface area contributed by atoms with Crippen LogP contribution in [0.4, 0.5) is 0 Å². The lowest BCUT2D eigenvalue weighted by Crippen LogP contribution is -2.34. The van der Waals surface area contributed by atoms with Gasteiger partial charge in [0, 0.05) is 25.4 Å². The van der Waals surface area contributed by atoms with E-state index in [0.717, 1.165) is 0 Å². The lowest BCUT2D eigenvalue weighted by Gasteiger charge is -2.20. The molecule has 124 valence electrons. The van der Waals surface area contributed by atoms with Crippen LogP contribution in [0.1, 0.15) is 12.2 Å². The number of benzene rings is 1. The van der Waals surface area contributed by atoms with Gasteiger partial charge in [0.1, 0.15) is 5.82 Å². The van der Waals surface area contributed by atoms with Gasteiger partial charge in [-0.05, 0) is 12.1 Å². The van der Waals surface area contributed by atoms with Crippen molar-refractivity contribution in [1.29, 1.82) is 0 Å². The Kier molecular flexibility index (Phi) is 5.89. The highest BCUT2D eigenvalue weighted by molar-refractivity contribution is 7.91. The van der Waals surface area contributed by atoms with E-state index in [4.69, 9.17) is 5.11 Å². The number of nitrogens with zero attached hydrogens (tertiary/aromatic N) is 2. The lowest BCUT2D eigenvalue weighted by atomic mass is 10.3. The number of nitrogens with one attached hydrogen (secondary N) is 1. The molecule has 8 heteroatoms. The summed E-state index contributed by atoms with van der Waals surface area (Å²) in [4.78, 5) is 20.7. The molecule has 23 heavy (non-hydrogen) atoms. The number of aromatic amines is 1. The minimum absolute atomic E-state index is 0.130. The van der Waals surface area contributed by atoms with Gasteiger partial charge in [0.25, 0.3) is 0 Å². The van der Waals surface area contributed by atoms with Crippen molar-refractivity contribution in [3.8, 4) is 0 Å². The second kappa shape index (κ2) is 7.89. The van der Waals surface area contributed by atoms with Gasteiger partial charge in [-0.3, -0.25) is 4.79 Å². The molecule has 1 aromatic heterocycles. The first kappa shape index (κ1) is 17.2. The zero-order valence-electron chi connectivity index (χ0n) is 12.6. The molecule has 0 fully saturated rings. The molecule has 2 rings (SSSR count). The second-order valence-corrected chi connectivity index (χ2v) is 7.07. The topological polar surface area (TPSA) is 103 Å². The van der Waals surface area contributed by atoms with Crippen molar-refractivity contribution < 1.29 is 18.3 Å². The third kappa shape index (κ3) is 4.90. The molecule has 0 atom stereocenters. The molecule has 1 aromatic carbocycles. The molecule has 0 aliphatic heterocycles. The summed E-state index contributed by atoms with van der Waals surface area (Å²) < 4.78 is 24.4. The molecule has 0 unspecified atom stereocenters. The molecular formula is C15H19N3O4S. The number of hydrogen-bond donors (Lipinski definition) is 2. The molecule has 2 aromatic rings. The highest BCUT2D eigenvalue weighted by Gasteiger charge is 2.20. The summed E-state index contributed by atoms with van der Waals surface area (Å²) in [5.41, 5.74) is 0. The minimum atomic E-state index is -3.50. The molecular weight excluding hydrogens is 318 g/mol. The molecule has 0 aliphatic rings. The summed E-state index contributed by atoms with van der Waals surface area (Å²) in [6, 6.07) is 8.03. The van der Waals surface area contributed by atoms with Crippen LogP contribution in [0.5, 0.6) is 0 Å². The number of aliphatic hydroxyl groups excluding tert-OH is 1. The van der Waals surface area contributed by atoms with Crippen LogP contribution >= 0.6 is 0 Å². The van der Waals surface area contributed by atoms with Gasteiger partial charge in [-0.15, -0.1) is 0 Å². The summed E-state index contributed by atoms with van der Waals surface area (Å²) >= 11 is 0. The number of carbonyl (C=O) groups is 1. The van der Waals surface area contributed by atoms with Gasteiger partial charge >= 0.3 is 0 Å². The van der Waals surface area contributed by atoms with Crippen LogP contribution in [-0.4, -0.2) is 53.2 Å². The van der Waals surface area contributed by atoms with Crippen LogP contribution in [0.25, 0.3) is 0 Å². The average Bonchev–Trinajstić information content (AvgIpc) is 3.06. The normalized spacial score (nSPS) is 11.3. The molecule has 1 amide bonds. The fourth-order valence-electron chi connectivity index (χ4n) is 2.10. The molecule has 0 spiro atoms. The van der Waals surface area contributed by atoms with Crippen LogP contribution in [0, 0.1) is 0 Å². The zero-order valence-corrected chi connectivity index (χ0v) is 13.4. The van der Waals surface area contributed by atoms with E-state index < -0.39 is 9.84 Å². The Hall–Kier alpha value is -2.19. The molecule has 0 aliphatic carbocycles. The first-order chi connectivity index (χ1) is 11.0. The van der Waals surface area contributed by atoms with Crippen LogP contribution in [0.2, 0.25) is 0 Å². The Balaban J connectivity index is 1.98. The van der Waals surface area contributed by atoms with Crippen molar-refractivity contribution in [2.75, 3.05) is 18.9 Å². The second-order valence-electron chi connectivity index (χ2n) is 4.96. The summed E-state index contributed by atoms with van der Waals surface area (Å²) in [6.45, 7) is 0.139. The number of carbonyl (C=O) groups excluding carboxylic acids is 1. The quantitative estimate of drug-likeness (QED) is 0.734. The Morgan fingerprint density at radius 1 is 1.26 bits per heavy atom. The van der Waals surface area contributed by atoms with Crippen LogP contribution in [-0.2, 0) is 21.2 Å². The van der Waals surface area contributed by atoms with Crippen molar-refractivity contribution >= 4 is 15.7 Å². The molecule has 0 radical (unpaired) electrons. The molecule has 0 saturated heterocycles. The fraction of sp³-hybridized carbons (Fsp3) is 0.333. The van der Waals surface area contributed by atoms with E-state index in [9.17, 15) is 13.2 Å². The maximum Gasteiger partial charge on any atom is 0.224 e. The standard InChI is InChI=1S/C15H19N3O4S/c19-10-9-18(12-14-16-7-8-17-14)15(20)6-11-23(21,22)13-4-2-1-3-5-13/h1-5,7-8,19H,6,9-12H2,(H,16,17). The van der Waals surface area contributed by atoms with E-state index in [1.165, 1.54) is 17.0 Å². The fourth-order valence-corrected chi connectivity index (χ4v) is 3.35. The Labute approximate surface area is 134 Å². The van der Waals surface area contributed by atoms with Crippen molar-refractivity contribution in [2.24, 2.45) is 0 Å². The number of sulfone groups is 1. The number of hydrogen-bond acceptors (Lipinski definition) is 5. The molecule has 7 nitrogen and oxygen atoms in total. The number of imidazole rings is 1. The average molecular weight is 337 g/mol. The van der Waals surface area contributed by atoms with Gasteiger partial charge in [-0.2, -0.15) is 0 Å². The minimum Gasteiger partial charge on any atom is -0.395 e. The largest absolute Gasteiger partial charge is 0.395 e. The number of amides is 1. The van der Waals surface area contributed by atoms with Gasteiger partial charge in [0.2, 0.25) is 5.91 Å². The first-order valence-electron chi connectivity index (χ1n) is 7.17. The lowest BCUT2D eigenvalue weighted by molar-refractivity contribution is -0.132. The summed E-state index contributed by atoms with van der Waals surface area (Å²) in [5, 5.41) is 9.08. The van der Waals surface area contributed by atoms with Crippen molar-refractivity contribution in [1.82, 2.24) is 14.9 Å². The number of aromatic nitrogens is 2. The van der Waals surface area contributed by atoms with Crippen LogP contribution in [0.3, 0.4) is 0 Å². The van der Waals surface area contributed by atoms with Gasteiger partial charge in [0.15, 0.2) is 9.84 Å². The molecule has 1 heterocycles. The Bertz CT molecular complexity index is 714. The van der Waals surface area contributed by atoms with E-state index in [0.29, 0.717) is 5.82 Å². The number of H-pyrrole nitrogens is 1. The van der Waals surface area contributed by atoms with Crippen molar-refractivity contribution in [2.45, 2.75) is 17.9 Å². The zero-order chi connectivity index (χ0) is 16.7. The van der Waals surface area contributed by atoms with E-state index >= 15 is 0 Å². The maximum absolute atomic E-state index is 12.2. The van der Waals surface area contributed by atoms with E-state index in [1.54, 1.807) is 30.6 Å².